The van der Waals surface area contributed by atoms with Gasteiger partial charge in [0, 0.05) is 11.9 Å². The van der Waals surface area contributed by atoms with Gasteiger partial charge in [0.15, 0.2) is 5.82 Å². The number of methoxy groups -OCH3 is 1. The van der Waals surface area contributed by atoms with E-state index in [1.165, 1.54) is 18.0 Å². The Balaban J connectivity index is 0.00000136. The second kappa shape index (κ2) is 8.70. The Hall–Kier alpha value is -3.14. The van der Waals surface area contributed by atoms with E-state index in [4.69, 9.17) is 4.74 Å². The van der Waals surface area contributed by atoms with E-state index in [0.29, 0.717) is 28.3 Å². The Kier molecular flexibility index (Phi) is 6.57. The first-order valence-corrected chi connectivity index (χ1v) is 10.4. The van der Waals surface area contributed by atoms with Crippen molar-refractivity contribution in [3.63, 3.8) is 0 Å². The third-order valence-electron chi connectivity index (χ3n) is 3.62. The molecule has 2 aromatic heterocycles. The maximum atomic E-state index is 11.7. The van der Waals surface area contributed by atoms with Gasteiger partial charge in [0.05, 0.1) is 24.6 Å². The van der Waals surface area contributed by atoms with Crippen molar-refractivity contribution in [3.8, 4) is 0 Å². The summed E-state index contributed by atoms with van der Waals surface area (Å²) in [7, 11) is -2.09. The van der Waals surface area contributed by atoms with E-state index in [1.54, 1.807) is 37.4 Å². The van der Waals surface area contributed by atoms with Crippen molar-refractivity contribution in [2.45, 2.75) is 20.8 Å². The van der Waals surface area contributed by atoms with E-state index < -0.39 is 16.0 Å². The van der Waals surface area contributed by atoms with Gasteiger partial charge in [-0.15, -0.1) is 0 Å². The molecule has 2 heterocycles. The Morgan fingerprint density at radius 3 is 2.57 bits per heavy atom. The van der Waals surface area contributed by atoms with Crippen LogP contribution < -0.4 is 10.0 Å². The number of aryl methyl sites for hydroxylation is 1. The average molecular weight is 405 g/mol. The molecule has 0 saturated carbocycles. The first-order valence-electron chi connectivity index (χ1n) is 8.54. The molecule has 0 unspecified atom stereocenters. The molecule has 0 aliphatic carbocycles. The topological polar surface area (TPSA) is 115 Å². The van der Waals surface area contributed by atoms with E-state index >= 15 is 0 Å². The highest BCUT2D eigenvalue weighted by atomic mass is 32.2. The standard InChI is InChI=1S/C16H17N5O4S.C2H6/c1-10-4-5-12(7-13(10)20-26(3,23)24)19-15-14-6-11(16(22)25-2)8-21(14)18-9-17-15;1-2/h4-9,20H,1-3H3,(H,17,18,19);1-2H3. The normalized spacial score (nSPS) is 10.8. The molecule has 9 nitrogen and oxygen atoms in total. The van der Waals surface area contributed by atoms with Crippen LogP contribution in [0.4, 0.5) is 17.2 Å². The van der Waals surface area contributed by atoms with Crippen LogP contribution >= 0.6 is 0 Å². The fourth-order valence-corrected chi connectivity index (χ4v) is 3.02. The number of ether oxygens (including phenoxy) is 1. The fourth-order valence-electron chi connectivity index (χ4n) is 2.40. The number of nitrogens with zero attached hydrogens (tertiary/aromatic N) is 3. The molecular weight excluding hydrogens is 382 g/mol. The Morgan fingerprint density at radius 1 is 1.21 bits per heavy atom. The molecule has 0 spiro atoms. The molecule has 0 radical (unpaired) electrons. The number of aromatic nitrogens is 3. The summed E-state index contributed by atoms with van der Waals surface area (Å²) in [6.07, 6.45) is 3.98. The highest BCUT2D eigenvalue weighted by molar-refractivity contribution is 7.92. The minimum absolute atomic E-state index is 0.347. The number of carbonyl (C=O) groups excluding carboxylic acids is 1. The first kappa shape index (κ1) is 21.2. The van der Waals surface area contributed by atoms with Gasteiger partial charge in [-0.2, -0.15) is 5.10 Å². The van der Waals surface area contributed by atoms with Crippen molar-refractivity contribution in [2.75, 3.05) is 23.4 Å². The predicted octanol–water partition coefficient (Wildman–Crippen LogP) is 2.97. The third kappa shape index (κ3) is 4.97. The molecule has 0 saturated heterocycles. The van der Waals surface area contributed by atoms with Crippen molar-refractivity contribution in [1.82, 2.24) is 14.6 Å². The number of anilines is 3. The molecule has 0 amide bonds. The number of benzene rings is 1. The number of esters is 1. The van der Waals surface area contributed by atoms with Crippen LogP contribution in [0.3, 0.4) is 0 Å². The highest BCUT2D eigenvalue weighted by Crippen LogP contribution is 2.25. The molecule has 0 atom stereocenters. The fraction of sp³-hybridized carbons (Fsp3) is 0.278. The van der Waals surface area contributed by atoms with Gasteiger partial charge < -0.3 is 10.1 Å². The number of fused-ring (bicyclic) bond motifs is 1. The van der Waals surface area contributed by atoms with Gasteiger partial charge in [0.2, 0.25) is 10.0 Å². The van der Waals surface area contributed by atoms with Crippen molar-refractivity contribution in [1.29, 1.82) is 0 Å². The lowest BCUT2D eigenvalue weighted by atomic mass is 10.2. The molecule has 3 aromatic rings. The molecule has 1 aromatic carbocycles. The number of sulfonamides is 1. The predicted molar refractivity (Wildman–Crippen MR) is 109 cm³/mol. The zero-order valence-corrected chi connectivity index (χ0v) is 17.2. The SMILES string of the molecule is CC.COC(=O)c1cc2c(Nc3ccc(C)c(NS(C)(=O)=O)c3)ncnn2c1. The van der Waals surface area contributed by atoms with Crippen LogP contribution in [0, 0.1) is 6.92 Å². The molecule has 0 bridgehead atoms. The summed E-state index contributed by atoms with van der Waals surface area (Å²) < 4.78 is 31.7. The molecule has 3 rings (SSSR count). The quantitative estimate of drug-likeness (QED) is 0.627. The van der Waals surface area contributed by atoms with Gasteiger partial charge in [-0.05, 0) is 30.7 Å². The van der Waals surface area contributed by atoms with Gasteiger partial charge in [-0.25, -0.2) is 22.7 Å². The summed E-state index contributed by atoms with van der Waals surface area (Å²) in [4.78, 5) is 15.9. The third-order valence-corrected chi connectivity index (χ3v) is 4.21. The van der Waals surface area contributed by atoms with E-state index in [2.05, 4.69) is 20.1 Å². The lowest BCUT2D eigenvalue weighted by Crippen LogP contribution is -2.10. The van der Waals surface area contributed by atoms with Gasteiger partial charge in [-0.3, -0.25) is 4.72 Å². The number of hydrogen-bond donors (Lipinski definition) is 2. The van der Waals surface area contributed by atoms with Crippen molar-refractivity contribution in [2.24, 2.45) is 0 Å². The Bertz CT molecular complexity index is 1090. The number of hydrogen-bond acceptors (Lipinski definition) is 7. The van der Waals surface area contributed by atoms with Crippen LogP contribution in [-0.2, 0) is 14.8 Å². The summed E-state index contributed by atoms with van der Waals surface area (Å²) >= 11 is 0. The highest BCUT2D eigenvalue weighted by Gasteiger charge is 2.13. The lowest BCUT2D eigenvalue weighted by molar-refractivity contribution is 0.0601. The second-order valence-electron chi connectivity index (χ2n) is 5.69. The summed E-state index contributed by atoms with van der Waals surface area (Å²) in [5.74, 6) is -0.0132. The van der Waals surface area contributed by atoms with Gasteiger partial charge in [-0.1, -0.05) is 19.9 Å². The van der Waals surface area contributed by atoms with Crippen LogP contribution in [0.2, 0.25) is 0 Å². The zero-order valence-electron chi connectivity index (χ0n) is 16.3. The van der Waals surface area contributed by atoms with E-state index in [0.717, 1.165) is 11.8 Å². The molecule has 0 aliphatic heterocycles. The molecule has 150 valence electrons. The van der Waals surface area contributed by atoms with Gasteiger partial charge >= 0.3 is 5.97 Å². The summed E-state index contributed by atoms with van der Waals surface area (Å²) in [6, 6.07) is 6.86. The van der Waals surface area contributed by atoms with Gasteiger partial charge in [0.1, 0.15) is 11.8 Å². The van der Waals surface area contributed by atoms with Gasteiger partial charge in [0.25, 0.3) is 0 Å². The minimum Gasteiger partial charge on any atom is -0.465 e. The number of rotatable bonds is 5. The largest absolute Gasteiger partial charge is 0.465 e. The maximum absolute atomic E-state index is 11.7. The second-order valence-corrected chi connectivity index (χ2v) is 7.44. The lowest BCUT2D eigenvalue weighted by Gasteiger charge is -2.12. The van der Waals surface area contributed by atoms with Crippen LogP contribution in [0.5, 0.6) is 0 Å². The van der Waals surface area contributed by atoms with E-state index in [-0.39, 0.29) is 0 Å². The van der Waals surface area contributed by atoms with Crippen molar-refractivity contribution >= 4 is 38.7 Å². The van der Waals surface area contributed by atoms with Crippen LogP contribution in [0.15, 0.2) is 36.8 Å². The summed E-state index contributed by atoms with van der Waals surface area (Å²) in [5.41, 5.74) is 2.80. The van der Waals surface area contributed by atoms with Crippen molar-refractivity contribution < 1.29 is 17.9 Å². The maximum Gasteiger partial charge on any atom is 0.339 e. The Morgan fingerprint density at radius 2 is 1.93 bits per heavy atom. The molecule has 28 heavy (non-hydrogen) atoms. The molecular formula is C18H23N5O4S. The smallest absolute Gasteiger partial charge is 0.339 e. The van der Waals surface area contributed by atoms with Crippen molar-refractivity contribution in [3.05, 3.63) is 47.9 Å². The number of nitrogens with one attached hydrogen (secondary N) is 2. The molecule has 10 heteroatoms. The zero-order chi connectivity index (χ0) is 20.9. The average Bonchev–Trinajstić information content (AvgIpc) is 3.10. The summed E-state index contributed by atoms with van der Waals surface area (Å²) in [6.45, 7) is 5.80. The van der Waals surface area contributed by atoms with Crippen LogP contribution in [0.1, 0.15) is 29.8 Å². The van der Waals surface area contributed by atoms with Crippen LogP contribution in [0.25, 0.3) is 5.52 Å². The monoisotopic (exact) mass is 405 g/mol. The van der Waals surface area contributed by atoms with E-state index in [9.17, 15) is 13.2 Å². The molecule has 2 N–H and O–H groups in total. The summed E-state index contributed by atoms with van der Waals surface area (Å²) in [5, 5.41) is 7.18. The van der Waals surface area contributed by atoms with Crippen LogP contribution in [-0.4, -0.2) is 42.4 Å². The Labute approximate surface area is 163 Å². The van der Waals surface area contributed by atoms with E-state index in [1.807, 2.05) is 13.8 Å². The molecule has 0 aliphatic rings. The molecule has 0 fully saturated rings. The number of carbonyl (C=O) groups is 1. The minimum atomic E-state index is -3.39. The first-order chi connectivity index (χ1) is 13.3.